The summed E-state index contributed by atoms with van der Waals surface area (Å²) in [6.45, 7) is 3.94. The molecular formula is C14H16O3. The SMILES string of the molecule is CCOC(=O)[C@H]1Cc2ccccc2C(=O)[C@@H]1C. The van der Waals surface area contributed by atoms with Gasteiger partial charge in [0, 0.05) is 11.5 Å². The second-order valence-electron chi connectivity index (χ2n) is 4.37. The molecule has 0 N–H and O–H groups in total. The summed E-state index contributed by atoms with van der Waals surface area (Å²) in [5.74, 6) is -0.839. The minimum Gasteiger partial charge on any atom is -0.466 e. The number of benzene rings is 1. The number of ether oxygens (including phenoxy) is 1. The molecule has 3 heteroatoms. The lowest BCUT2D eigenvalue weighted by atomic mass is 9.76. The zero-order valence-electron chi connectivity index (χ0n) is 10.1. The van der Waals surface area contributed by atoms with Crippen LogP contribution in [-0.4, -0.2) is 18.4 Å². The van der Waals surface area contributed by atoms with Crippen LogP contribution in [0.3, 0.4) is 0 Å². The Labute approximate surface area is 101 Å². The fourth-order valence-electron chi connectivity index (χ4n) is 2.32. The predicted octanol–water partition coefficient (Wildman–Crippen LogP) is 2.24. The van der Waals surface area contributed by atoms with Crippen molar-refractivity contribution in [3.05, 3.63) is 35.4 Å². The lowest BCUT2D eigenvalue weighted by molar-refractivity contribution is -0.149. The number of ketones is 1. The maximum Gasteiger partial charge on any atom is 0.309 e. The highest BCUT2D eigenvalue weighted by Gasteiger charge is 2.37. The molecule has 0 spiro atoms. The summed E-state index contributed by atoms with van der Waals surface area (Å²) in [4.78, 5) is 23.9. The van der Waals surface area contributed by atoms with Gasteiger partial charge in [-0.3, -0.25) is 9.59 Å². The molecule has 1 aliphatic rings. The van der Waals surface area contributed by atoms with Gasteiger partial charge in [0.05, 0.1) is 12.5 Å². The van der Waals surface area contributed by atoms with Gasteiger partial charge in [-0.05, 0) is 18.9 Å². The molecule has 0 bridgehead atoms. The fourth-order valence-corrected chi connectivity index (χ4v) is 2.32. The molecule has 0 amide bonds. The molecule has 0 unspecified atom stereocenters. The Bertz CT molecular complexity index is 451. The first-order valence-corrected chi connectivity index (χ1v) is 5.94. The molecule has 2 rings (SSSR count). The van der Waals surface area contributed by atoms with Crippen LogP contribution in [-0.2, 0) is 16.0 Å². The summed E-state index contributed by atoms with van der Waals surface area (Å²) in [5.41, 5.74) is 1.70. The van der Waals surface area contributed by atoms with Crippen molar-refractivity contribution in [2.24, 2.45) is 11.8 Å². The van der Waals surface area contributed by atoms with E-state index in [2.05, 4.69) is 0 Å². The standard InChI is InChI=1S/C14H16O3/c1-3-17-14(16)12-8-10-6-4-5-7-11(10)13(15)9(12)2/h4-7,9,12H,3,8H2,1-2H3/t9-,12+/m1/s1. The van der Waals surface area contributed by atoms with E-state index in [0.717, 1.165) is 11.1 Å². The van der Waals surface area contributed by atoms with Gasteiger partial charge in [-0.2, -0.15) is 0 Å². The number of rotatable bonds is 2. The van der Waals surface area contributed by atoms with Crippen molar-refractivity contribution in [2.75, 3.05) is 6.61 Å². The summed E-state index contributed by atoms with van der Waals surface area (Å²) < 4.78 is 5.02. The van der Waals surface area contributed by atoms with E-state index in [-0.39, 0.29) is 23.6 Å². The first-order chi connectivity index (χ1) is 8.15. The second-order valence-corrected chi connectivity index (χ2v) is 4.37. The Hall–Kier alpha value is -1.64. The van der Waals surface area contributed by atoms with E-state index in [0.29, 0.717) is 13.0 Å². The van der Waals surface area contributed by atoms with Crippen LogP contribution in [0, 0.1) is 11.8 Å². The van der Waals surface area contributed by atoms with Gasteiger partial charge in [0.2, 0.25) is 0 Å². The highest BCUT2D eigenvalue weighted by atomic mass is 16.5. The van der Waals surface area contributed by atoms with Crippen molar-refractivity contribution in [1.29, 1.82) is 0 Å². The van der Waals surface area contributed by atoms with Crippen molar-refractivity contribution in [3.8, 4) is 0 Å². The Morgan fingerprint density at radius 3 is 2.82 bits per heavy atom. The molecule has 3 nitrogen and oxygen atoms in total. The second kappa shape index (κ2) is 4.70. The summed E-state index contributed by atoms with van der Waals surface area (Å²) >= 11 is 0. The van der Waals surface area contributed by atoms with Crippen LogP contribution in [0.4, 0.5) is 0 Å². The summed E-state index contributed by atoms with van der Waals surface area (Å²) in [5, 5.41) is 0. The van der Waals surface area contributed by atoms with Crippen LogP contribution < -0.4 is 0 Å². The van der Waals surface area contributed by atoms with Gasteiger partial charge in [-0.25, -0.2) is 0 Å². The number of carbonyl (C=O) groups excluding carboxylic acids is 2. The summed E-state index contributed by atoms with van der Waals surface area (Å²) in [7, 11) is 0. The van der Waals surface area contributed by atoms with Gasteiger partial charge in [0.25, 0.3) is 0 Å². The summed E-state index contributed by atoms with van der Waals surface area (Å²) in [6, 6.07) is 7.49. The normalized spacial score (nSPS) is 23.1. The van der Waals surface area contributed by atoms with Crippen molar-refractivity contribution in [1.82, 2.24) is 0 Å². The van der Waals surface area contributed by atoms with Crippen LogP contribution in [0.25, 0.3) is 0 Å². The van der Waals surface area contributed by atoms with Crippen LogP contribution in [0.2, 0.25) is 0 Å². The molecule has 1 aliphatic carbocycles. The molecule has 0 aromatic heterocycles. The number of fused-ring (bicyclic) bond motifs is 1. The van der Waals surface area contributed by atoms with E-state index in [1.54, 1.807) is 13.8 Å². The lowest BCUT2D eigenvalue weighted by Gasteiger charge is -2.27. The van der Waals surface area contributed by atoms with Gasteiger partial charge < -0.3 is 4.74 Å². The minimum atomic E-state index is -0.336. The molecule has 90 valence electrons. The van der Waals surface area contributed by atoms with Crippen LogP contribution in [0.5, 0.6) is 0 Å². The topological polar surface area (TPSA) is 43.4 Å². The third-order valence-electron chi connectivity index (χ3n) is 3.33. The largest absolute Gasteiger partial charge is 0.466 e. The maximum absolute atomic E-state index is 12.1. The number of hydrogen-bond acceptors (Lipinski definition) is 3. The highest BCUT2D eigenvalue weighted by Crippen LogP contribution is 2.30. The van der Waals surface area contributed by atoms with Gasteiger partial charge in [-0.1, -0.05) is 31.2 Å². The van der Waals surface area contributed by atoms with Crippen LogP contribution in [0.1, 0.15) is 29.8 Å². The van der Waals surface area contributed by atoms with E-state index in [1.807, 2.05) is 24.3 Å². The molecule has 2 atom stereocenters. The average Bonchev–Trinajstić information content (AvgIpc) is 2.34. The highest BCUT2D eigenvalue weighted by molar-refractivity contribution is 6.02. The van der Waals surface area contributed by atoms with Gasteiger partial charge >= 0.3 is 5.97 Å². The van der Waals surface area contributed by atoms with Gasteiger partial charge in [0.15, 0.2) is 5.78 Å². The number of esters is 1. The molecule has 0 aliphatic heterocycles. The quantitative estimate of drug-likeness (QED) is 0.734. The Morgan fingerprint density at radius 2 is 2.12 bits per heavy atom. The minimum absolute atomic E-state index is 0.0462. The molecule has 17 heavy (non-hydrogen) atoms. The molecule has 0 fully saturated rings. The van der Waals surface area contributed by atoms with E-state index in [4.69, 9.17) is 4.74 Å². The number of Topliss-reactive ketones (excluding diaryl/α,β-unsaturated/α-hetero) is 1. The Kier molecular flexibility index (Phi) is 3.27. The number of hydrogen-bond donors (Lipinski definition) is 0. The lowest BCUT2D eigenvalue weighted by Crippen LogP contribution is -2.35. The zero-order chi connectivity index (χ0) is 12.4. The van der Waals surface area contributed by atoms with E-state index in [9.17, 15) is 9.59 Å². The zero-order valence-corrected chi connectivity index (χ0v) is 10.1. The number of carbonyl (C=O) groups is 2. The van der Waals surface area contributed by atoms with Crippen LogP contribution >= 0.6 is 0 Å². The average molecular weight is 232 g/mol. The van der Waals surface area contributed by atoms with Crippen LogP contribution in [0.15, 0.2) is 24.3 Å². The van der Waals surface area contributed by atoms with E-state index in [1.165, 1.54) is 0 Å². The van der Waals surface area contributed by atoms with Crippen molar-refractivity contribution in [2.45, 2.75) is 20.3 Å². The van der Waals surface area contributed by atoms with E-state index < -0.39 is 0 Å². The third-order valence-corrected chi connectivity index (χ3v) is 3.33. The maximum atomic E-state index is 12.1. The molecule has 1 aromatic carbocycles. The Morgan fingerprint density at radius 1 is 1.41 bits per heavy atom. The monoisotopic (exact) mass is 232 g/mol. The van der Waals surface area contributed by atoms with Gasteiger partial charge in [0.1, 0.15) is 0 Å². The molecule has 0 heterocycles. The van der Waals surface area contributed by atoms with Gasteiger partial charge in [-0.15, -0.1) is 0 Å². The van der Waals surface area contributed by atoms with E-state index >= 15 is 0 Å². The predicted molar refractivity (Wildman–Crippen MR) is 63.8 cm³/mol. The first kappa shape index (κ1) is 11.8. The molecular weight excluding hydrogens is 216 g/mol. The smallest absolute Gasteiger partial charge is 0.309 e. The first-order valence-electron chi connectivity index (χ1n) is 5.94. The van der Waals surface area contributed by atoms with Crippen molar-refractivity contribution in [3.63, 3.8) is 0 Å². The third kappa shape index (κ3) is 2.09. The fraction of sp³-hybridized carbons (Fsp3) is 0.429. The molecule has 0 saturated heterocycles. The summed E-state index contributed by atoms with van der Waals surface area (Å²) in [6.07, 6.45) is 0.599. The molecule has 1 aromatic rings. The Balaban J connectivity index is 2.31. The molecule has 0 radical (unpaired) electrons. The molecule has 0 saturated carbocycles. The van der Waals surface area contributed by atoms with Crippen molar-refractivity contribution >= 4 is 11.8 Å². The van der Waals surface area contributed by atoms with Crippen molar-refractivity contribution < 1.29 is 14.3 Å².